The minimum absolute atomic E-state index is 0.603. The van der Waals surface area contributed by atoms with Crippen LogP contribution in [0, 0.1) is 0 Å². The van der Waals surface area contributed by atoms with E-state index in [2.05, 4.69) is 15.2 Å². The summed E-state index contributed by atoms with van der Waals surface area (Å²) in [5.74, 6) is 7.37. The van der Waals surface area contributed by atoms with Crippen LogP contribution in [0.25, 0.3) is 11.4 Å². The zero-order chi connectivity index (χ0) is 13.9. The monoisotopic (exact) mass is 285 g/mol. The van der Waals surface area contributed by atoms with Crippen molar-refractivity contribution in [1.82, 2.24) is 19.9 Å². The van der Waals surface area contributed by atoms with E-state index in [4.69, 9.17) is 17.4 Å². The van der Waals surface area contributed by atoms with E-state index in [1.54, 1.807) is 12.4 Å². The predicted molar refractivity (Wildman–Crippen MR) is 77.7 cm³/mol. The summed E-state index contributed by atoms with van der Waals surface area (Å²) in [7, 11) is 0. The first-order valence-corrected chi connectivity index (χ1v) is 6.46. The molecule has 3 rings (SSSR count). The Bertz CT molecular complexity index is 706. The van der Waals surface area contributed by atoms with E-state index in [0.29, 0.717) is 23.1 Å². The quantitative estimate of drug-likeness (QED) is 0.750. The van der Waals surface area contributed by atoms with Gasteiger partial charge in [-0.15, -0.1) is 10.2 Å². The van der Waals surface area contributed by atoms with Crippen LogP contribution in [0.5, 0.6) is 0 Å². The number of nitrogens with zero attached hydrogens (tertiary/aromatic N) is 4. The van der Waals surface area contributed by atoms with Gasteiger partial charge >= 0.3 is 0 Å². The van der Waals surface area contributed by atoms with Crippen molar-refractivity contribution in [2.24, 2.45) is 0 Å². The lowest BCUT2D eigenvalue weighted by molar-refractivity contribution is 0.877. The molecule has 0 aliphatic carbocycles. The molecule has 0 fully saturated rings. The lowest BCUT2D eigenvalue weighted by Crippen LogP contribution is -2.14. The highest BCUT2D eigenvalue weighted by Crippen LogP contribution is 2.17. The summed E-state index contributed by atoms with van der Waals surface area (Å²) in [6.07, 6.45) is 4.00. The highest BCUT2D eigenvalue weighted by atomic mass is 35.5. The molecule has 2 heterocycles. The molecule has 5 nitrogen and oxygen atoms in total. The summed E-state index contributed by atoms with van der Waals surface area (Å²) in [4.78, 5) is 3.97. The van der Waals surface area contributed by atoms with Crippen molar-refractivity contribution in [2.75, 3.05) is 5.84 Å². The maximum atomic E-state index is 6.06. The number of rotatable bonds is 3. The molecule has 0 bridgehead atoms. The molecule has 0 unspecified atom stereocenters. The van der Waals surface area contributed by atoms with Gasteiger partial charge in [0, 0.05) is 29.4 Å². The lowest BCUT2D eigenvalue weighted by Gasteiger charge is -2.04. The van der Waals surface area contributed by atoms with Crippen LogP contribution in [0.3, 0.4) is 0 Å². The third kappa shape index (κ3) is 2.48. The lowest BCUT2D eigenvalue weighted by atomic mass is 10.1. The molecular formula is C14H12ClN5. The highest BCUT2D eigenvalue weighted by Gasteiger charge is 2.11. The standard InChI is InChI=1S/C14H12ClN5/c15-12-3-1-10(2-4-12)9-13-18-19-14(20(13)16)11-5-7-17-8-6-11/h1-8H,9,16H2. The van der Waals surface area contributed by atoms with Gasteiger partial charge in [0.05, 0.1) is 0 Å². The zero-order valence-electron chi connectivity index (χ0n) is 10.6. The zero-order valence-corrected chi connectivity index (χ0v) is 11.3. The van der Waals surface area contributed by atoms with Crippen LogP contribution in [0.1, 0.15) is 11.4 Å². The van der Waals surface area contributed by atoms with Crippen LogP contribution in [0.15, 0.2) is 48.8 Å². The topological polar surface area (TPSA) is 69.6 Å². The van der Waals surface area contributed by atoms with E-state index in [-0.39, 0.29) is 0 Å². The Hall–Kier alpha value is -2.40. The summed E-state index contributed by atoms with van der Waals surface area (Å²) in [5.41, 5.74) is 1.96. The van der Waals surface area contributed by atoms with E-state index >= 15 is 0 Å². The van der Waals surface area contributed by atoms with Crippen LogP contribution >= 0.6 is 11.6 Å². The van der Waals surface area contributed by atoms with Crippen molar-refractivity contribution in [3.8, 4) is 11.4 Å². The van der Waals surface area contributed by atoms with Crippen LogP contribution in [0.4, 0.5) is 0 Å². The number of hydrogen-bond donors (Lipinski definition) is 1. The van der Waals surface area contributed by atoms with Crippen molar-refractivity contribution in [1.29, 1.82) is 0 Å². The van der Waals surface area contributed by atoms with E-state index in [1.807, 2.05) is 36.4 Å². The maximum absolute atomic E-state index is 6.06. The molecule has 0 aliphatic rings. The fourth-order valence-corrected chi connectivity index (χ4v) is 2.05. The minimum atomic E-state index is 0.603. The van der Waals surface area contributed by atoms with Gasteiger partial charge in [-0.3, -0.25) is 4.98 Å². The van der Waals surface area contributed by atoms with E-state index < -0.39 is 0 Å². The number of halogens is 1. The summed E-state index contributed by atoms with van der Waals surface area (Å²) in [6, 6.07) is 11.3. The van der Waals surface area contributed by atoms with Gasteiger partial charge in [0.25, 0.3) is 0 Å². The van der Waals surface area contributed by atoms with Gasteiger partial charge < -0.3 is 5.84 Å². The Morgan fingerprint density at radius 3 is 2.40 bits per heavy atom. The van der Waals surface area contributed by atoms with Crippen molar-refractivity contribution in [3.05, 3.63) is 65.2 Å². The normalized spacial score (nSPS) is 10.7. The molecular weight excluding hydrogens is 274 g/mol. The van der Waals surface area contributed by atoms with Gasteiger partial charge in [-0.25, -0.2) is 4.68 Å². The first kappa shape index (κ1) is 12.6. The van der Waals surface area contributed by atoms with Gasteiger partial charge in [0.2, 0.25) is 0 Å². The Balaban J connectivity index is 1.89. The third-order valence-electron chi connectivity index (χ3n) is 2.98. The molecule has 0 amide bonds. The van der Waals surface area contributed by atoms with Crippen molar-refractivity contribution < 1.29 is 0 Å². The molecule has 20 heavy (non-hydrogen) atoms. The van der Waals surface area contributed by atoms with Crippen LogP contribution in [-0.2, 0) is 6.42 Å². The smallest absolute Gasteiger partial charge is 0.182 e. The second kappa shape index (κ2) is 5.30. The number of hydrogen-bond acceptors (Lipinski definition) is 4. The first-order chi connectivity index (χ1) is 9.74. The molecule has 0 saturated carbocycles. The van der Waals surface area contributed by atoms with Gasteiger partial charge in [0.1, 0.15) is 0 Å². The van der Waals surface area contributed by atoms with Crippen molar-refractivity contribution in [3.63, 3.8) is 0 Å². The molecule has 1 aromatic carbocycles. The van der Waals surface area contributed by atoms with Crippen molar-refractivity contribution >= 4 is 11.6 Å². The molecule has 2 aromatic heterocycles. The van der Waals surface area contributed by atoms with Crippen molar-refractivity contribution in [2.45, 2.75) is 6.42 Å². The van der Waals surface area contributed by atoms with Crippen LogP contribution < -0.4 is 5.84 Å². The van der Waals surface area contributed by atoms with Gasteiger partial charge in [-0.05, 0) is 29.8 Å². The SMILES string of the molecule is Nn1c(Cc2ccc(Cl)cc2)nnc1-c1ccncc1. The molecule has 6 heteroatoms. The molecule has 0 spiro atoms. The Labute approximate surface area is 121 Å². The largest absolute Gasteiger partial charge is 0.336 e. The summed E-state index contributed by atoms with van der Waals surface area (Å²) < 4.78 is 1.50. The number of pyridine rings is 1. The fraction of sp³-hybridized carbons (Fsp3) is 0.0714. The maximum Gasteiger partial charge on any atom is 0.182 e. The van der Waals surface area contributed by atoms with Gasteiger partial charge in [-0.2, -0.15) is 0 Å². The average molecular weight is 286 g/mol. The summed E-state index contributed by atoms with van der Waals surface area (Å²) in [5, 5.41) is 8.99. The molecule has 3 aromatic rings. The first-order valence-electron chi connectivity index (χ1n) is 6.08. The average Bonchev–Trinajstić information content (AvgIpc) is 2.84. The summed E-state index contributed by atoms with van der Waals surface area (Å²) >= 11 is 5.87. The summed E-state index contributed by atoms with van der Waals surface area (Å²) in [6.45, 7) is 0. The molecule has 2 N–H and O–H groups in total. The fourth-order valence-electron chi connectivity index (χ4n) is 1.93. The van der Waals surface area contributed by atoms with Crippen LogP contribution in [0.2, 0.25) is 5.02 Å². The number of nitrogens with two attached hydrogens (primary N) is 1. The highest BCUT2D eigenvalue weighted by molar-refractivity contribution is 6.30. The second-order valence-electron chi connectivity index (χ2n) is 4.35. The minimum Gasteiger partial charge on any atom is -0.336 e. The second-order valence-corrected chi connectivity index (χ2v) is 4.79. The van der Waals surface area contributed by atoms with E-state index in [0.717, 1.165) is 11.1 Å². The molecule has 0 atom stereocenters. The van der Waals surface area contributed by atoms with Gasteiger partial charge in [0.15, 0.2) is 11.6 Å². The number of aromatic nitrogens is 4. The Morgan fingerprint density at radius 1 is 1.00 bits per heavy atom. The molecule has 0 radical (unpaired) electrons. The Kier molecular flexibility index (Phi) is 3.35. The number of nitrogen functional groups attached to an aromatic ring is 1. The number of benzene rings is 1. The third-order valence-corrected chi connectivity index (χ3v) is 3.23. The van der Waals surface area contributed by atoms with Gasteiger partial charge in [-0.1, -0.05) is 23.7 Å². The predicted octanol–water partition coefficient (Wildman–Crippen LogP) is 2.30. The molecule has 0 saturated heterocycles. The van der Waals surface area contributed by atoms with Crippen LogP contribution in [-0.4, -0.2) is 19.9 Å². The Morgan fingerprint density at radius 2 is 1.70 bits per heavy atom. The molecule has 100 valence electrons. The molecule has 0 aliphatic heterocycles. The van der Waals surface area contributed by atoms with E-state index in [1.165, 1.54) is 4.68 Å². The van der Waals surface area contributed by atoms with E-state index in [9.17, 15) is 0 Å².